The second-order valence-electron chi connectivity index (χ2n) is 3.27. The van der Waals surface area contributed by atoms with E-state index in [1.807, 2.05) is 6.92 Å². The van der Waals surface area contributed by atoms with Crippen LogP contribution in [0.5, 0.6) is 0 Å². The molecule has 1 amide bonds. The molecule has 0 spiro atoms. The van der Waals surface area contributed by atoms with Crippen molar-refractivity contribution in [2.24, 2.45) is 0 Å². The maximum Gasteiger partial charge on any atom is 0.267 e. The molecular weight excluding hydrogens is 164 g/mol. The highest BCUT2D eigenvalue weighted by molar-refractivity contribution is 5.74. The lowest BCUT2D eigenvalue weighted by Gasteiger charge is -2.20. The van der Waals surface area contributed by atoms with E-state index in [2.05, 4.69) is 0 Å². The van der Waals surface area contributed by atoms with Crippen LogP contribution >= 0.6 is 0 Å². The molecule has 0 N–H and O–H groups in total. The topological polar surface area (TPSA) is 20.3 Å². The Morgan fingerprint density at radius 3 is 2.58 bits per heavy atom. The normalized spacial score (nSPS) is 27.7. The van der Waals surface area contributed by atoms with Crippen LogP contribution in [0.4, 0.5) is 8.78 Å². The molecule has 1 aliphatic heterocycles. The van der Waals surface area contributed by atoms with Gasteiger partial charge in [0.25, 0.3) is 5.92 Å². The molecule has 0 radical (unpaired) electrons. The Labute approximate surface area is 70.5 Å². The Kier molecular flexibility index (Phi) is 2.35. The summed E-state index contributed by atoms with van der Waals surface area (Å²) in [5, 5.41) is 0. The molecule has 12 heavy (non-hydrogen) atoms. The standard InChI is InChI=1S/C8H13F2NO/c1-3-7-4-8(9,10)5-11(7)6(2)12/h7H,3-5H2,1-2H3/t7-/m0/s1. The Balaban J connectivity index is 2.69. The fourth-order valence-corrected chi connectivity index (χ4v) is 1.63. The van der Waals surface area contributed by atoms with Crippen LogP contribution in [0, 0.1) is 0 Å². The number of likely N-dealkylation sites (tertiary alicyclic amines) is 1. The minimum absolute atomic E-state index is 0.178. The molecule has 0 aliphatic carbocycles. The first-order chi connectivity index (χ1) is 5.46. The van der Waals surface area contributed by atoms with Gasteiger partial charge >= 0.3 is 0 Å². The highest BCUT2D eigenvalue weighted by atomic mass is 19.3. The first-order valence-corrected chi connectivity index (χ1v) is 4.11. The number of amides is 1. The molecule has 70 valence electrons. The van der Waals surface area contributed by atoms with Gasteiger partial charge in [0.05, 0.1) is 6.54 Å². The average molecular weight is 177 g/mol. The van der Waals surface area contributed by atoms with Crippen molar-refractivity contribution in [3.8, 4) is 0 Å². The van der Waals surface area contributed by atoms with E-state index in [0.29, 0.717) is 6.42 Å². The SMILES string of the molecule is CC[C@H]1CC(F)(F)CN1C(C)=O. The number of alkyl halides is 2. The van der Waals surface area contributed by atoms with Gasteiger partial charge in [0.1, 0.15) is 0 Å². The van der Waals surface area contributed by atoms with E-state index in [-0.39, 0.29) is 18.4 Å². The smallest absolute Gasteiger partial charge is 0.267 e. The van der Waals surface area contributed by atoms with Gasteiger partial charge in [-0.3, -0.25) is 4.79 Å². The molecule has 1 saturated heterocycles. The van der Waals surface area contributed by atoms with Crippen molar-refractivity contribution in [2.75, 3.05) is 6.54 Å². The predicted molar refractivity (Wildman–Crippen MR) is 41.0 cm³/mol. The van der Waals surface area contributed by atoms with Crippen molar-refractivity contribution in [1.82, 2.24) is 4.90 Å². The zero-order valence-electron chi connectivity index (χ0n) is 7.31. The summed E-state index contributed by atoms with van der Waals surface area (Å²) in [6.07, 6.45) is 0.429. The lowest BCUT2D eigenvalue weighted by Crippen LogP contribution is -2.34. The molecule has 1 atom stereocenters. The third kappa shape index (κ3) is 1.73. The van der Waals surface area contributed by atoms with Gasteiger partial charge in [-0.15, -0.1) is 0 Å². The summed E-state index contributed by atoms with van der Waals surface area (Å²) in [4.78, 5) is 12.2. The molecule has 4 heteroatoms. The van der Waals surface area contributed by atoms with E-state index < -0.39 is 12.5 Å². The van der Waals surface area contributed by atoms with E-state index in [1.54, 1.807) is 0 Å². The maximum absolute atomic E-state index is 12.8. The molecule has 0 aromatic carbocycles. The lowest BCUT2D eigenvalue weighted by atomic mass is 10.1. The van der Waals surface area contributed by atoms with Gasteiger partial charge < -0.3 is 4.90 Å². The number of rotatable bonds is 1. The maximum atomic E-state index is 12.8. The first-order valence-electron chi connectivity index (χ1n) is 4.11. The predicted octanol–water partition coefficient (Wildman–Crippen LogP) is 1.65. The fourth-order valence-electron chi connectivity index (χ4n) is 1.63. The number of nitrogens with zero attached hydrogens (tertiary/aromatic N) is 1. The van der Waals surface area contributed by atoms with Crippen LogP contribution < -0.4 is 0 Å². The quantitative estimate of drug-likeness (QED) is 0.596. The number of hydrogen-bond donors (Lipinski definition) is 0. The second-order valence-corrected chi connectivity index (χ2v) is 3.27. The van der Waals surface area contributed by atoms with Crippen molar-refractivity contribution < 1.29 is 13.6 Å². The summed E-state index contributed by atoms with van der Waals surface area (Å²) in [7, 11) is 0. The summed E-state index contributed by atoms with van der Waals surface area (Å²) in [6, 6.07) is -0.266. The summed E-state index contributed by atoms with van der Waals surface area (Å²) < 4.78 is 25.6. The van der Waals surface area contributed by atoms with Gasteiger partial charge in [-0.25, -0.2) is 8.78 Å². The number of carbonyl (C=O) groups is 1. The Bertz CT molecular complexity index is 193. The van der Waals surface area contributed by atoms with Crippen molar-refractivity contribution in [3.05, 3.63) is 0 Å². The van der Waals surface area contributed by atoms with E-state index in [1.165, 1.54) is 11.8 Å². The van der Waals surface area contributed by atoms with E-state index in [4.69, 9.17) is 0 Å². The fraction of sp³-hybridized carbons (Fsp3) is 0.875. The minimum Gasteiger partial charge on any atom is -0.334 e. The van der Waals surface area contributed by atoms with Crippen LogP contribution in [-0.2, 0) is 4.79 Å². The van der Waals surface area contributed by atoms with Crippen LogP contribution in [0.2, 0.25) is 0 Å². The van der Waals surface area contributed by atoms with Crippen LogP contribution in [0.1, 0.15) is 26.7 Å². The van der Waals surface area contributed by atoms with E-state index >= 15 is 0 Å². The van der Waals surface area contributed by atoms with Crippen molar-refractivity contribution in [1.29, 1.82) is 0 Å². The summed E-state index contributed by atoms with van der Waals surface area (Å²) in [5.41, 5.74) is 0. The van der Waals surface area contributed by atoms with Gasteiger partial charge in [0, 0.05) is 19.4 Å². The second kappa shape index (κ2) is 2.99. The van der Waals surface area contributed by atoms with Crippen LogP contribution in [0.3, 0.4) is 0 Å². The molecule has 0 aromatic heterocycles. The molecule has 0 saturated carbocycles. The minimum atomic E-state index is -2.67. The monoisotopic (exact) mass is 177 g/mol. The first kappa shape index (κ1) is 9.42. The summed E-state index contributed by atoms with van der Waals surface area (Å²) in [5.74, 6) is -2.93. The van der Waals surface area contributed by atoms with Gasteiger partial charge in [-0.2, -0.15) is 0 Å². The highest BCUT2D eigenvalue weighted by Crippen LogP contribution is 2.33. The largest absolute Gasteiger partial charge is 0.334 e. The van der Waals surface area contributed by atoms with E-state index in [0.717, 1.165) is 0 Å². The molecule has 0 aromatic rings. The third-order valence-corrected chi connectivity index (χ3v) is 2.25. The molecule has 1 rings (SSSR count). The molecule has 1 fully saturated rings. The third-order valence-electron chi connectivity index (χ3n) is 2.25. The Hall–Kier alpha value is -0.670. The Morgan fingerprint density at radius 1 is 1.67 bits per heavy atom. The van der Waals surface area contributed by atoms with Crippen molar-refractivity contribution in [3.63, 3.8) is 0 Å². The van der Waals surface area contributed by atoms with Gasteiger partial charge in [0.2, 0.25) is 5.91 Å². The van der Waals surface area contributed by atoms with Crippen LogP contribution in [0.25, 0.3) is 0 Å². The van der Waals surface area contributed by atoms with Crippen LogP contribution in [0.15, 0.2) is 0 Å². The van der Waals surface area contributed by atoms with E-state index in [9.17, 15) is 13.6 Å². The molecule has 2 nitrogen and oxygen atoms in total. The van der Waals surface area contributed by atoms with Crippen molar-refractivity contribution in [2.45, 2.75) is 38.7 Å². The number of halogens is 2. The summed E-state index contributed by atoms with van der Waals surface area (Å²) in [6.45, 7) is 2.76. The number of hydrogen-bond acceptors (Lipinski definition) is 1. The molecular formula is C8H13F2NO. The zero-order chi connectivity index (χ0) is 9.35. The van der Waals surface area contributed by atoms with Gasteiger partial charge in [-0.05, 0) is 6.42 Å². The van der Waals surface area contributed by atoms with Gasteiger partial charge in [0.15, 0.2) is 0 Å². The average Bonchev–Trinajstić information content (AvgIpc) is 2.25. The lowest BCUT2D eigenvalue weighted by molar-refractivity contribution is -0.130. The molecule has 0 bridgehead atoms. The zero-order valence-corrected chi connectivity index (χ0v) is 7.31. The highest BCUT2D eigenvalue weighted by Gasteiger charge is 2.44. The Morgan fingerprint density at radius 2 is 2.25 bits per heavy atom. The summed E-state index contributed by atoms with van der Waals surface area (Å²) >= 11 is 0. The van der Waals surface area contributed by atoms with Gasteiger partial charge in [-0.1, -0.05) is 6.92 Å². The van der Waals surface area contributed by atoms with Crippen molar-refractivity contribution >= 4 is 5.91 Å². The number of carbonyl (C=O) groups excluding carboxylic acids is 1. The molecule has 0 unspecified atom stereocenters. The molecule has 1 heterocycles. The van der Waals surface area contributed by atoms with Crippen LogP contribution in [-0.4, -0.2) is 29.3 Å². The molecule has 1 aliphatic rings.